The summed E-state index contributed by atoms with van der Waals surface area (Å²) in [4.78, 5) is 36.1. The van der Waals surface area contributed by atoms with E-state index in [-0.39, 0.29) is 17.4 Å². The van der Waals surface area contributed by atoms with Crippen LogP contribution < -0.4 is 10.5 Å². The number of aromatic nitrogens is 1. The van der Waals surface area contributed by atoms with E-state index in [2.05, 4.69) is 21.8 Å². The zero-order valence-corrected chi connectivity index (χ0v) is 19.6. The van der Waals surface area contributed by atoms with Crippen LogP contribution in [0.3, 0.4) is 0 Å². The van der Waals surface area contributed by atoms with Gasteiger partial charge in [0.25, 0.3) is 5.56 Å². The van der Waals surface area contributed by atoms with Crippen molar-refractivity contribution in [3.05, 3.63) is 63.9 Å². The van der Waals surface area contributed by atoms with Gasteiger partial charge in [-0.15, -0.1) is 0 Å². The van der Waals surface area contributed by atoms with Gasteiger partial charge in [-0.1, -0.05) is 41.9 Å². The Morgan fingerprint density at radius 3 is 2.55 bits per heavy atom. The van der Waals surface area contributed by atoms with Crippen molar-refractivity contribution < 1.29 is 4.79 Å². The Morgan fingerprint density at radius 2 is 1.79 bits per heavy atom. The summed E-state index contributed by atoms with van der Waals surface area (Å²) in [5.41, 5.74) is 3.11. The number of carbonyl (C=O) groups excluding carboxylic acids is 1. The molecular formula is C26H29ClN4O2. The number of aromatic amines is 1. The number of anilines is 1. The van der Waals surface area contributed by atoms with Crippen molar-refractivity contribution >= 4 is 34.1 Å². The Bertz CT molecular complexity index is 1220. The maximum absolute atomic E-state index is 13.4. The van der Waals surface area contributed by atoms with Crippen molar-refractivity contribution in [2.24, 2.45) is 5.92 Å². The molecule has 2 aromatic carbocycles. The van der Waals surface area contributed by atoms with Gasteiger partial charge >= 0.3 is 0 Å². The number of hydrogen-bond acceptors (Lipinski definition) is 4. The van der Waals surface area contributed by atoms with Crippen molar-refractivity contribution in [2.45, 2.75) is 12.8 Å². The van der Waals surface area contributed by atoms with E-state index in [0.717, 1.165) is 67.6 Å². The molecule has 7 heteroatoms. The molecule has 1 unspecified atom stereocenters. The first-order valence-corrected chi connectivity index (χ1v) is 12.0. The summed E-state index contributed by atoms with van der Waals surface area (Å²) in [6, 6.07) is 15.5. The van der Waals surface area contributed by atoms with E-state index in [0.29, 0.717) is 17.3 Å². The summed E-state index contributed by atoms with van der Waals surface area (Å²) in [6.07, 6.45) is 1.74. The van der Waals surface area contributed by atoms with E-state index >= 15 is 0 Å². The van der Waals surface area contributed by atoms with Crippen molar-refractivity contribution in [1.29, 1.82) is 0 Å². The number of carbonyl (C=O) groups is 1. The molecule has 2 saturated heterocycles. The molecule has 33 heavy (non-hydrogen) atoms. The first kappa shape index (κ1) is 22.0. The summed E-state index contributed by atoms with van der Waals surface area (Å²) >= 11 is 6.36. The Kier molecular flexibility index (Phi) is 6.13. The van der Waals surface area contributed by atoms with Gasteiger partial charge in [0.05, 0.1) is 5.92 Å². The molecule has 0 radical (unpaired) electrons. The molecule has 0 bridgehead atoms. The standard InChI is InChI=1S/C26H29ClN4O2/c1-29-12-14-30(15-13-29)26(33)19-8-5-11-31(17-19)24-23(18-6-3-2-4-7-18)21-16-20(27)9-10-22(21)28-25(24)32/h2-4,6-7,9-10,16,19H,5,8,11-15,17H2,1H3,(H,28,32). The SMILES string of the molecule is CN1CCN(C(=O)C2CCCN(c3c(-c4ccccc4)c4cc(Cl)ccc4[nH]c3=O)C2)CC1. The number of piperazine rings is 1. The van der Waals surface area contributed by atoms with Gasteiger partial charge in [0.15, 0.2) is 0 Å². The Morgan fingerprint density at radius 1 is 1.03 bits per heavy atom. The van der Waals surface area contributed by atoms with Crippen LogP contribution in [0.1, 0.15) is 12.8 Å². The summed E-state index contributed by atoms with van der Waals surface area (Å²) in [5, 5.41) is 1.54. The van der Waals surface area contributed by atoms with E-state index in [1.54, 1.807) is 6.07 Å². The first-order valence-electron chi connectivity index (χ1n) is 11.6. The summed E-state index contributed by atoms with van der Waals surface area (Å²) in [6.45, 7) is 4.67. The van der Waals surface area contributed by atoms with Crippen molar-refractivity contribution in [1.82, 2.24) is 14.8 Å². The lowest BCUT2D eigenvalue weighted by Gasteiger charge is -2.39. The third kappa shape index (κ3) is 4.37. The van der Waals surface area contributed by atoms with Gasteiger partial charge < -0.3 is 19.7 Å². The number of pyridine rings is 1. The van der Waals surface area contributed by atoms with Crippen LogP contribution in [0.25, 0.3) is 22.0 Å². The minimum absolute atomic E-state index is 0.0970. The van der Waals surface area contributed by atoms with Crippen molar-refractivity contribution in [3.63, 3.8) is 0 Å². The second kappa shape index (κ2) is 9.20. The van der Waals surface area contributed by atoms with Crippen LogP contribution in [-0.2, 0) is 4.79 Å². The number of fused-ring (bicyclic) bond motifs is 1. The Hall–Kier alpha value is -2.83. The Labute approximate surface area is 198 Å². The lowest BCUT2D eigenvalue weighted by atomic mass is 9.93. The third-order valence-electron chi connectivity index (χ3n) is 6.92. The highest BCUT2D eigenvalue weighted by atomic mass is 35.5. The highest BCUT2D eigenvalue weighted by molar-refractivity contribution is 6.31. The molecular weight excluding hydrogens is 436 g/mol. The molecule has 6 nitrogen and oxygen atoms in total. The molecule has 2 aliphatic rings. The smallest absolute Gasteiger partial charge is 0.272 e. The van der Waals surface area contributed by atoms with Crippen LogP contribution in [0.2, 0.25) is 5.02 Å². The number of piperidine rings is 1. The van der Waals surface area contributed by atoms with E-state index in [4.69, 9.17) is 11.6 Å². The van der Waals surface area contributed by atoms with Crippen molar-refractivity contribution in [3.8, 4) is 11.1 Å². The molecule has 1 atom stereocenters. The molecule has 3 aromatic rings. The molecule has 5 rings (SSSR count). The zero-order valence-electron chi connectivity index (χ0n) is 18.9. The highest BCUT2D eigenvalue weighted by Crippen LogP contribution is 2.37. The minimum Gasteiger partial charge on any atom is -0.366 e. The van der Waals surface area contributed by atoms with Gasteiger partial charge in [-0.3, -0.25) is 9.59 Å². The lowest BCUT2D eigenvalue weighted by molar-refractivity contribution is -0.137. The maximum atomic E-state index is 13.4. The predicted molar refractivity (Wildman–Crippen MR) is 134 cm³/mol. The second-order valence-electron chi connectivity index (χ2n) is 9.15. The minimum atomic E-state index is -0.128. The number of benzene rings is 2. The molecule has 0 spiro atoms. The summed E-state index contributed by atoms with van der Waals surface area (Å²) in [5.74, 6) is 0.120. The molecule has 2 fully saturated rings. The van der Waals surface area contributed by atoms with Crippen LogP contribution >= 0.6 is 11.6 Å². The molecule has 1 aromatic heterocycles. The number of nitrogens with zero attached hydrogens (tertiary/aromatic N) is 3. The van der Waals surface area contributed by atoms with Gasteiger partial charge in [0.1, 0.15) is 5.69 Å². The number of nitrogens with one attached hydrogen (secondary N) is 1. The zero-order chi connectivity index (χ0) is 22.9. The topological polar surface area (TPSA) is 59.6 Å². The fourth-order valence-electron chi connectivity index (χ4n) is 5.12. The first-order chi connectivity index (χ1) is 16.0. The number of rotatable bonds is 3. The third-order valence-corrected chi connectivity index (χ3v) is 7.15. The number of likely N-dealkylation sites (N-methyl/N-ethyl adjacent to an activating group) is 1. The summed E-state index contributed by atoms with van der Waals surface area (Å²) in [7, 11) is 2.09. The summed E-state index contributed by atoms with van der Waals surface area (Å²) < 4.78 is 0. The van der Waals surface area contributed by atoms with Crippen LogP contribution in [0.5, 0.6) is 0 Å². The van der Waals surface area contributed by atoms with Gasteiger partial charge in [-0.2, -0.15) is 0 Å². The second-order valence-corrected chi connectivity index (χ2v) is 9.58. The number of hydrogen-bond donors (Lipinski definition) is 1. The Balaban J connectivity index is 1.54. The normalized spacial score (nSPS) is 19.8. The molecule has 2 aliphatic heterocycles. The molecule has 0 saturated carbocycles. The van der Waals surface area contributed by atoms with E-state index in [1.807, 2.05) is 47.4 Å². The van der Waals surface area contributed by atoms with Gasteiger partial charge in [0, 0.05) is 60.8 Å². The largest absolute Gasteiger partial charge is 0.366 e. The maximum Gasteiger partial charge on any atom is 0.272 e. The van der Waals surface area contributed by atoms with Gasteiger partial charge in [-0.05, 0) is 43.7 Å². The number of H-pyrrole nitrogens is 1. The average Bonchev–Trinajstić information content (AvgIpc) is 2.84. The van der Waals surface area contributed by atoms with Crippen LogP contribution in [0, 0.1) is 5.92 Å². The van der Waals surface area contributed by atoms with Crippen molar-refractivity contribution in [2.75, 3.05) is 51.2 Å². The molecule has 172 valence electrons. The number of halogens is 1. The van der Waals surface area contributed by atoms with E-state index < -0.39 is 0 Å². The van der Waals surface area contributed by atoms with E-state index in [1.165, 1.54) is 0 Å². The highest BCUT2D eigenvalue weighted by Gasteiger charge is 2.32. The van der Waals surface area contributed by atoms with E-state index in [9.17, 15) is 9.59 Å². The molecule has 0 aliphatic carbocycles. The van der Waals surface area contributed by atoms with Crippen LogP contribution in [-0.4, -0.2) is 67.0 Å². The van der Waals surface area contributed by atoms with Crippen LogP contribution in [0.4, 0.5) is 5.69 Å². The molecule has 3 heterocycles. The lowest BCUT2D eigenvalue weighted by Crippen LogP contribution is -2.52. The fraction of sp³-hybridized carbons (Fsp3) is 0.385. The monoisotopic (exact) mass is 464 g/mol. The quantitative estimate of drug-likeness (QED) is 0.639. The molecule has 1 amide bonds. The van der Waals surface area contributed by atoms with Gasteiger partial charge in [-0.25, -0.2) is 0 Å². The van der Waals surface area contributed by atoms with Gasteiger partial charge in [0.2, 0.25) is 5.91 Å². The number of amides is 1. The van der Waals surface area contributed by atoms with Crippen LogP contribution in [0.15, 0.2) is 53.3 Å². The predicted octanol–water partition coefficient (Wildman–Crippen LogP) is 3.84. The fourth-order valence-corrected chi connectivity index (χ4v) is 5.29. The molecule has 1 N–H and O–H groups in total. The average molecular weight is 465 g/mol.